The Morgan fingerprint density at radius 2 is 1.71 bits per heavy atom. The Morgan fingerprint density at radius 3 is 2.35 bits per heavy atom. The van der Waals surface area contributed by atoms with Crippen LogP contribution in [0.1, 0.15) is 60.4 Å². The third-order valence-electron chi connectivity index (χ3n) is 8.62. The molecule has 1 saturated heterocycles. The van der Waals surface area contributed by atoms with E-state index in [-0.39, 0.29) is 49.1 Å². The zero-order valence-corrected chi connectivity index (χ0v) is 28.9. The molecule has 5 rings (SSSR count). The zero-order valence-electron chi connectivity index (χ0n) is 28.9. The topological polar surface area (TPSA) is 97.2 Å². The Hall–Kier alpha value is -4.91. The van der Waals surface area contributed by atoms with Crippen molar-refractivity contribution in [2.24, 2.45) is 0 Å². The summed E-state index contributed by atoms with van der Waals surface area (Å²) in [7, 11) is 1.61. The first-order chi connectivity index (χ1) is 24.4. The van der Waals surface area contributed by atoms with Gasteiger partial charge in [0.15, 0.2) is 5.75 Å². The van der Waals surface area contributed by atoms with Crippen LogP contribution in [0.5, 0.6) is 11.5 Å². The van der Waals surface area contributed by atoms with Gasteiger partial charge in [-0.1, -0.05) is 32.0 Å². The highest BCUT2D eigenvalue weighted by Crippen LogP contribution is 2.38. The van der Waals surface area contributed by atoms with Gasteiger partial charge < -0.3 is 29.1 Å². The number of carbonyl (C=O) groups is 1. The number of benzene rings is 3. The smallest absolute Gasteiger partial charge is 0.416 e. The summed E-state index contributed by atoms with van der Waals surface area (Å²) in [6, 6.07) is 15.4. The average Bonchev–Trinajstić information content (AvgIpc) is 3.13. The van der Waals surface area contributed by atoms with Crippen molar-refractivity contribution in [1.29, 1.82) is 0 Å². The van der Waals surface area contributed by atoms with E-state index in [1.165, 1.54) is 18.5 Å². The minimum atomic E-state index is -4.67. The molecule has 0 radical (unpaired) electrons. The number of halogens is 4. The van der Waals surface area contributed by atoms with Crippen LogP contribution in [0.2, 0.25) is 0 Å². The number of ether oxygens (including phenoxy) is 3. The maximum Gasteiger partial charge on any atom is 0.416 e. The van der Waals surface area contributed by atoms with Crippen molar-refractivity contribution in [1.82, 2.24) is 9.97 Å². The fraction of sp³-hybridized carbons (Fsp3) is 0.395. The second kappa shape index (κ2) is 16.9. The number of morpholine rings is 1. The number of methoxy groups -OCH3 is 1. The average molecular weight is 711 g/mol. The molecular formula is C38H42F4N4O5. The molecule has 13 heteroatoms. The lowest BCUT2D eigenvalue weighted by Gasteiger charge is -2.31. The molecule has 0 spiro atoms. The van der Waals surface area contributed by atoms with Crippen molar-refractivity contribution in [2.75, 3.05) is 49.8 Å². The van der Waals surface area contributed by atoms with Crippen LogP contribution in [0.3, 0.4) is 0 Å². The lowest BCUT2D eigenvalue weighted by Crippen LogP contribution is -2.36. The normalized spacial score (nSPS) is 13.4. The molecular weight excluding hydrogens is 668 g/mol. The quantitative estimate of drug-likeness (QED) is 0.0971. The van der Waals surface area contributed by atoms with Gasteiger partial charge in [-0.05, 0) is 76.6 Å². The molecule has 0 aliphatic carbocycles. The molecule has 0 saturated carbocycles. The molecule has 2 heterocycles. The van der Waals surface area contributed by atoms with Gasteiger partial charge in [0.05, 0.1) is 44.9 Å². The van der Waals surface area contributed by atoms with Gasteiger partial charge in [-0.15, -0.1) is 0 Å². The van der Waals surface area contributed by atoms with E-state index in [4.69, 9.17) is 19.3 Å². The van der Waals surface area contributed by atoms with Crippen LogP contribution in [-0.2, 0) is 35.5 Å². The minimum Gasteiger partial charge on any atom is -0.496 e. The molecule has 1 aliphatic heterocycles. The molecule has 0 unspecified atom stereocenters. The highest BCUT2D eigenvalue weighted by molar-refractivity contribution is 5.77. The van der Waals surface area contributed by atoms with E-state index in [9.17, 15) is 22.4 Å². The Balaban J connectivity index is 1.59. The van der Waals surface area contributed by atoms with Crippen molar-refractivity contribution >= 4 is 17.6 Å². The van der Waals surface area contributed by atoms with Crippen LogP contribution >= 0.6 is 0 Å². The van der Waals surface area contributed by atoms with E-state index in [0.717, 1.165) is 40.1 Å². The van der Waals surface area contributed by atoms with E-state index in [0.29, 0.717) is 44.2 Å². The van der Waals surface area contributed by atoms with E-state index in [2.05, 4.69) is 40.8 Å². The highest BCUT2D eigenvalue weighted by Gasteiger charge is 2.31. The number of aliphatic carboxylic acids is 1. The fourth-order valence-corrected chi connectivity index (χ4v) is 5.97. The van der Waals surface area contributed by atoms with Crippen molar-refractivity contribution in [3.63, 3.8) is 0 Å². The molecule has 1 fully saturated rings. The molecule has 1 aliphatic rings. The number of nitrogens with zero attached hydrogens (tertiary/aromatic N) is 4. The first kappa shape index (κ1) is 37.3. The van der Waals surface area contributed by atoms with Gasteiger partial charge in [-0.2, -0.15) is 13.2 Å². The number of aromatic nitrogens is 2. The van der Waals surface area contributed by atoms with Crippen LogP contribution in [-0.4, -0.2) is 61.1 Å². The number of carboxylic acid groups (broad SMARTS) is 1. The summed E-state index contributed by atoms with van der Waals surface area (Å²) in [5.41, 5.74) is 3.84. The molecule has 3 aromatic carbocycles. The van der Waals surface area contributed by atoms with E-state index in [1.54, 1.807) is 12.0 Å². The predicted molar refractivity (Wildman–Crippen MR) is 186 cm³/mol. The van der Waals surface area contributed by atoms with Gasteiger partial charge >= 0.3 is 12.1 Å². The summed E-state index contributed by atoms with van der Waals surface area (Å²) in [5, 5.41) is 8.91. The third kappa shape index (κ3) is 9.87. The van der Waals surface area contributed by atoms with Gasteiger partial charge in [0, 0.05) is 43.9 Å². The Bertz CT molecular complexity index is 1780. The Morgan fingerprint density at radius 1 is 0.980 bits per heavy atom. The number of hydrogen-bond acceptors (Lipinski definition) is 8. The lowest BCUT2D eigenvalue weighted by atomic mass is 9.93. The zero-order chi connectivity index (χ0) is 36.5. The fourth-order valence-electron chi connectivity index (χ4n) is 5.97. The van der Waals surface area contributed by atoms with Gasteiger partial charge in [0.25, 0.3) is 0 Å². The van der Waals surface area contributed by atoms with Gasteiger partial charge in [-0.25, -0.2) is 14.4 Å². The summed E-state index contributed by atoms with van der Waals surface area (Å²) in [6.45, 7) is 5.95. The maximum atomic E-state index is 13.9. The Labute approximate surface area is 294 Å². The summed E-state index contributed by atoms with van der Waals surface area (Å²) in [5.74, 6) is 0.492. The molecule has 272 valence electrons. The van der Waals surface area contributed by atoms with Crippen LogP contribution < -0.4 is 19.3 Å². The number of anilines is 2. The highest BCUT2D eigenvalue weighted by atomic mass is 19.4. The van der Waals surface area contributed by atoms with E-state index in [1.807, 2.05) is 24.3 Å². The maximum absolute atomic E-state index is 13.9. The summed E-state index contributed by atoms with van der Waals surface area (Å²) >= 11 is 0. The molecule has 1 N–H and O–H groups in total. The van der Waals surface area contributed by atoms with E-state index < -0.39 is 24.4 Å². The molecule has 4 aromatic rings. The lowest BCUT2D eigenvalue weighted by molar-refractivity contribution is -0.138. The van der Waals surface area contributed by atoms with Crippen LogP contribution in [0, 0.1) is 0 Å². The number of carboxylic acids is 1. The molecule has 0 amide bonds. The third-order valence-corrected chi connectivity index (χ3v) is 8.62. The second-order valence-corrected chi connectivity index (χ2v) is 12.6. The van der Waals surface area contributed by atoms with Crippen molar-refractivity contribution in [2.45, 2.75) is 58.5 Å². The molecule has 0 atom stereocenters. The van der Waals surface area contributed by atoms with Gasteiger partial charge in [0.1, 0.15) is 12.4 Å². The largest absolute Gasteiger partial charge is 0.496 e. The summed E-state index contributed by atoms with van der Waals surface area (Å²) in [6.07, 6.45) is -1.55. The predicted octanol–water partition coefficient (Wildman–Crippen LogP) is 8.05. The van der Waals surface area contributed by atoms with Crippen molar-refractivity contribution in [3.8, 4) is 22.6 Å². The number of hydrogen-bond donors (Lipinski definition) is 1. The molecule has 51 heavy (non-hydrogen) atoms. The standard InChI is InChI=1S/C38H42F4N4O5/c1-25(2)28-6-9-35(49-3)34(19-28)33-8-7-31(45-10-13-50-14-11-45)18-29(33)24-46(23-27-15-26(20-39)16-30(17-27)38(40,41)42)37-43-21-32(22-44-37)51-12-4-5-36(47)48/h6-9,15-19,21-22,25H,4-5,10-14,20,23-24H2,1-3H3,(H,47,48). The molecule has 1 aromatic heterocycles. The molecule has 0 bridgehead atoms. The van der Waals surface area contributed by atoms with Crippen molar-refractivity contribution in [3.05, 3.63) is 94.8 Å². The van der Waals surface area contributed by atoms with Crippen LogP contribution in [0.25, 0.3) is 11.1 Å². The summed E-state index contributed by atoms with van der Waals surface area (Å²) < 4.78 is 72.5. The van der Waals surface area contributed by atoms with Crippen LogP contribution in [0.4, 0.5) is 29.2 Å². The first-order valence-corrected chi connectivity index (χ1v) is 16.8. The van der Waals surface area contributed by atoms with E-state index >= 15 is 0 Å². The van der Waals surface area contributed by atoms with Gasteiger partial charge in [-0.3, -0.25) is 4.79 Å². The summed E-state index contributed by atoms with van der Waals surface area (Å²) in [4.78, 5) is 23.9. The number of alkyl halides is 4. The number of rotatable bonds is 15. The van der Waals surface area contributed by atoms with Crippen LogP contribution in [0.15, 0.2) is 67.0 Å². The monoisotopic (exact) mass is 710 g/mol. The SMILES string of the molecule is COc1ccc(C(C)C)cc1-c1ccc(N2CCOCC2)cc1CN(Cc1cc(CF)cc(C(F)(F)F)c1)c1ncc(OCCCC(=O)O)cn1. The van der Waals surface area contributed by atoms with Crippen molar-refractivity contribution < 1.29 is 41.7 Å². The molecule has 9 nitrogen and oxygen atoms in total. The first-order valence-electron chi connectivity index (χ1n) is 16.8. The second-order valence-electron chi connectivity index (χ2n) is 12.6. The minimum absolute atomic E-state index is 0.0543. The Kier molecular flexibility index (Phi) is 12.4. The van der Waals surface area contributed by atoms with Gasteiger partial charge in [0.2, 0.25) is 5.95 Å².